The van der Waals surface area contributed by atoms with Gasteiger partial charge in [-0.3, -0.25) is 9.59 Å². The highest BCUT2D eigenvalue weighted by Gasteiger charge is 2.57. The summed E-state index contributed by atoms with van der Waals surface area (Å²) in [5.74, 6) is 0.178. The van der Waals surface area contributed by atoms with Crippen molar-refractivity contribution in [2.75, 3.05) is 12.0 Å². The normalized spacial score (nSPS) is 32.5. The minimum Gasteiger partial charge on any atom is -0.495 e. The molecule has 4 aliphatic rings. The smallest absolute Gasteiger partial charge is 0.238 e. The molecule has 0 radical (unpaired) electrons. The largest absolute Gasteiger partial charge is 0.495 e. The number of amides is 2. The number of imide groups is 1. The molecule has 2 bridgehead atoms. The number of hydrogen-bond acceptors (Lipinski definition) is 3. The first-order chi connectivity index (χ1) is 10.6. The zero-order valence-electron chi connectivity index (χ0n) is 12.2. The second-order valence-corrected chi connectivity index (χ2v) is 6.61. The zero-order valence-corrected chi connectivity index (χ0v) is 12.9. The predicted molar refractivity (Wildman–Crippen MR) is 82.8 cm³/mol. The summed E-state index contributed by atoms with van der Waals surface area (Å²) in [4.78, 5) is 27.1. The van der Waals surface area contributed by atoms with Crippen LogP contribution in [0.5, 0.6) is 5.75 Å². The molecule has 3 aliphatic carbocycles. The van der Waals surface area contributed by atoms with E-state index < -0.39 is 0 Å². The molecule has 1 aromatic rings. The van der Waals surface area contributed by atoms with Gasteiger partial charge in [0.15, 0.2) is 0 Å². The van der Waals surface area contributed by atoms with Crippen LogP contribution in [0.1, 0.15) is 12.8 Å². The number of anilines is 1. The lowest BCUT2D eigenvalue weighted by molar-refractivity contribution is -0.124. The van der Waals surface area contributed by atoms with Crippen LogP contribution in [0.15, 0.2) is 30.4 Å². The van der Waals surface area contributed by atoms with Crippen molar-refractivity contribution < 1.29 is 14.3 Å². The Morgan fingerprint density at radius 2 is 1.68 bits per heavy atom. The highest BCUT2D eigenvalue weighted by atomic mass is 35.5. The van der Waals surface area contributed by atoms with Gasteiger partial charge in [0.2, 0.25) is 11.8 Å². The SMILES string of the molecule is COc1ccc(Cl)cc1N1C(=O)[C@@H]2[C@H](C1=O)[C@@H]1C=C[C@@H]2CC1. The lowest BCUT2D eigenvalue weighted by Gasteiger charge is -2.38. The molecule has 1 aromatic carbocycles. The van der Waals surface area contributed by atoms with Crippen molar-refractivity contribution in [2.45, 2.75) is 12.8 Å². The summed E-state index contributed by atoms with van der Waals surface area (Å²) in [5, 5.41) is 0.479. The lowest BCUT2D eigenvalue weighted by Crippen LogP contribution is -2.38. The first kappa shape index (κ1) is 13.8. The summed E-state index contributed by atoms with van der Waals surface area (Å²) >= 11 is 6.05. The van der Waals surface area contributed by atoms with Crippen LogP contribution in [0.3, 0.4) is 0 Å². The van der Waals surface area contributed by atoms with Crippen LogP contribution >= 0.6 is 11.6 Å². The number of allylic oxidation sites excluding steroid dienone is 2. The molecule has 4 nitrogen and oxygen atoms in total. The molecule has 22 heavy (non-hydrogen) atoms. The topological polar surface area (TPSA) is 46.6 Å². The number of carbonyl (C=O) groups excluding carboxylic acids is 2. The first-order valence-corrected chi connectivity index (χ1v) is 7.89. The Kier molecular flexibility index (Phi) is 3.05. The molecule has 1 saturated carbocycles. The molecular formula is C17H16ClNO3. The maximum atomic E-state index is 12.9. The summed E-state index contributed by atoms with van der Waals surface area (Å²) in [6.45, 7) is 0. The number of hydrogen-bond donors (Lipinski definition) is 0. The molecule has 1 saturated heterocycles. The number of fused-ring (bicyclic) bond motifs is 1. The summed E-state index contributed by atoms with van der Waals surface area (Å²) in [5.41, 5.74) is 0.457. The second kappa shape index (κ2) is 4.85. The molecule has 0 N–H and O–H groups in total. The molecular weight excluding hydrogens is 302 g/mol. The van der Waals surface area contributed by atoms with Crippen molar-refractivity contribution >= 4 is 29.1 Å². The average molecular weight is 318 g/mol. The average Bonchev–Trinajstić information content (AvgIpc) is 2.82. The summed E-state index contributed by atoms with van der Waals surface area (Å²) in [6.07, 6.45) is 6.20. The Bertz CT molecular complexity index is 667. The van der Waals surface area contributed by atoms with Gasteiger partial charge in [-0.15, -0.1) is 0 Å². The molecule has 2 fully saturated rings. The van der Waals surface area contributed by atoms with Crippen LogP contribution in [-0.2, 0) is 9.59 Å². The van der Waals surface area contributed by atoms with E-state index in [1.807, 2.05) is 0 Å². The highest BCUT2D eigenvalue weighted by Crippen LogP contribution is 2.51. The van der Waals surface area contributed by atoms with E-state index in [9.17, 15) is 9.59 Å². The first-order valence-electron chi connectivity index (χ1n) is 7.51. The van der Waals surface area contributed by atoms with Crippen molar-refractivity contribution in [2.24, 2.45) is 23.7 Å². The number of rotatable bonds is 2. The predicted octanol–water partition coefficient (Wildman–Crippen LogP) is 3.05. The third-order valence-corrected chi connectivity index (χ3v) is 5.38. The lowest BCUT2D eigenvalue weighted by atomic mass is 9.63. The molecule has 0 aromatic heterocycles. The maximum absolute atomic E-state index is 12.9. The van der Waals surface area contributed by atoms with E-state index >= 15 is 0 Å². The van der Waals surface area contributed by atoms with Gasteiger partial charge in [-0.25, -0.2) is 4.90 Å². The van der Waals surface area contributed by atoms with E-state index in [4.69, 9.17) is 16.3 Å². The maximum Gasteiger partial charge on any atom is 0.238 e. The molecule has 114 valence electrons. The summed E-state index contributed by atoms with van der Waals surface area (Å²) in [7, 11) is 1.52. The van der Waals surface area contributed by atoms with Crippen LogP contribution in [0.4, 0.5) is 5.69 Å². The van der Waals surface area contributed by atoms with Crippen LogP contribution in [-0.4, -0.2) is 18.9 Å². The van der Waals surface area contributed by atoms with Crippen molar-refractivity contribution in [3.05, 3.63) is 35.4 Å². The molecule has 0 spiro atoms. The van der Waals surface area contributed by atoms with Gasteiger partial charge in [-0.2, -0.15) is 0 Å². The number of nitrogens with zero attached hydrogens (tertiary/aromatic N) is 1. The molecule has 5 rings (SSSR count). The second-order valence-electron chi connectivity index (χ2n) is 6.17. The van der Waals surface area contributed by atoms with Gasteiger partial charge in [0.05, 0.1) is 24.6 Å². The van der Waals surface area contributed by atoms with E-state index in [2.05, 4.69) is 12.2 Å². The molecule has 1 heterocycles. The Hall–Kier alpha value is -1.81. The molecule has 5 heteroatoms. The van der Waals surface area contributed by atoms with Gasteiger partial charge in [-0.05, 0) is 42.9 Å². The van der Waals surface area contributed by atoms with Crippen LogP contribution in [0.2, 0.25) is 5.02 Å². The van der Waals surface area contributed by atoms with Crippen molar-refractivity contribution in [3.63, 3.8) is 0 Å². The standard InChI is InChI=1S/C17H16ClNO3/c1-22-13-7-6-11(18)8-12(13)19-16(20)14-9-2-3-10(5-4-9)15(14)17(19)21/h2-3,6-10,14-15H,4-5H2,1H3/t9-,10-,14-,15+/m1/s1. The van der Waals surface area contributed by atoms with Gasteiger partial charge in [0, 0.05) is 5.02 Å². The highest BCUT2D eigenvalue weighted by molar-refractivity contribution is 6.31. The van der Waals surface area contributed by atoms with Gasteiger partial charge in [-0.1, -0.05) is 23.8 Å². The fourth-order valence-electron chi connectivity index (χ4n) is 4.15. The molecule has 4 atom stereocenters. The van der Waals surface area contributed by atoms with Gasteiger partial charge in [0.1, 0.15) is 5.75 Å². The number of methoxy groups -OCH3 is 1. The fourth-order valence-corrected chi connectivity index (χ4v) is 4.32. The van der Waals surface area contributed by atoms with Crippen molar-refractivity contribution in [1.82, 2.24) is 0 Å². The van der Waals surface area contributed by atoms with Crippen LogP contribution in [0.25, 0.3) is 0 Å². The van der Waals surface area contributed by atoms with E-state index in [1.54, 1.807) is 18.2 Å². The monoisotopic (exact) mass is 317 g/mol. The number of benzene rings is 1. The van der Waals surface area contributed by atoms with Gasteiger partial charge in [0.25, 0.3) is 0 Å². The Balaban J connectivity index is 1.80. The Morgan fingerprint density at radius 1 is 1.09 bits per heavy atom. The number of ether oxygens (including phenoxy) is 1. The zero-order chi connectivity index (χ0) is 15.4. The number of carbonyl (C=O) groups is 2. The summed E-state index contributed by atoms with van der Waals surface area (Å²) in [6, 6.07) is 5.00. The van der Waals surface area contributed by atoms with Crippen LogP contribution in [0, 0.1) is 23.7 Å². The molecule has 1 aliphatic heterocycles. The molecule has 2 amide bonds. The van der Waals surface area contributed by atoms with Crippen molar-refractivity contribution in [3.8, 4) is 5.75 Å². The minimum absolute atomic E-state index is 0.116. The summed E-state index contributed by atoms with van der Waals surface area (Å²) < 4.78 is 5.31. The van der Waals surface area contributed by atoms with E-state index in [0.717, 1.165) is 12.8 Å². The van der Waals surface area contributed by atoms with E-state index in [0.29, 0.717) is 16.5 Å². The third-order valence-electron chi connectivity index (χ3n) is 5.14. The number of halogens is 1. The van der Waals surface area contributed by atoms with Crippen LogP contribution < -0.4 is 9.64 Å². The van der Waals surface area contributed by atoms with Crippen molar-refractivity contribution in [1.29, 1.82) is 0 Å². The van der Waals surface area contributed by atoms with E-state index in [-0.39, 0.29) is 35.5 Å². The molecule has 0 unspecified atom stereocenters. The Labute approximate surface area is 133 Å². The van der Waals surface area contributed by atoms with Gasteiger partial charge >= 0.3 is 0 Å². The Morgan fingerprint density at radius 3 is 2.18 bits per heavy atom. The third kappa shape index (κ3) is 1.76. The quantitative estimate of drug-likeness (QED) is 0.622. The van der Waals surface area contributed by atoms with Gasteiger partial charge < -0.3 is 4.74 Å². The minimum atomic E-state index is -0.222. The van der Waals surface area contributed by atoms with E-state index in [1.165, 1.54) is 12.0 Å². The fraction of sp³-hybridized carbons (Fsp3) is 0.412.